The van der Waals surface area contributed by atoms with Crippen molar-refractivity contribution in [1.82, 2.24) is 4.90 Å². The SMILES string of the molecule is COc1ccc(N(CCCC(=O)N(C)Cc2ccc(Cl)cc2)S(C)(=O)=O)cc1Cl. The van der Waals surface area contributed by atoms with Crippen LogP contribution in [0.1, 0.15) is 18.4 Å². The molecule has 0 atom stereocenters. The van der Waals surface area contributed by atoms with Gasteiger partial charge in [-0.3, -0.25) is 9.10 Å². The van der Waals surface area contributed by atoms with Crippen molar-refractivity contribution in [2.75, 3.05) is 31.3 Å². The van der Waals surface area contributed by atoms with Gasteiger partial charge in [0, 0.05) is 31.6 Å². The zero-order valence-corrected chi connectivity index (χ0v) is 18.9. The largest absolute Gasteiger partial charge is 0.495 e. The van der Waals surface area contributed by atoms with Gasteiger partial charge in [-0.15, -0.1) is 0 Å². The van der Waals surface area contributed by atoms with Crippen molar-refractivity contribution in [2.45, 2.75) is 19.4 Å². The lowest BCUT2D eigenvalue weighted by molar-refractivity contribution is -0.130. The van der Waals surface area contributed by atoms with Crippen LogP contribution in [-0.4, -0.2) is 46.2 Å². The molecule has 0 bridgehead atoms. The number of amides is 1. The normalized spacial score (nSPS) is 11.2. The van der Waals surface area contributed by atoms with Crippen molar-refractivity contribution >= 4 is 44.8 Å². The Labute approximate surface area is 182 Å². The van der Waals surface area contributed by atoms with Crippen molar-refractivity contribution in [3.05, 3.63) is 58.1 Å². The quantitative estimate of drug-likeness (QED) is 0.564. The molecule has 9 heteroatoms. The first-order valence-corrected chi connectivity index (χ1v) is 11.5. The van der Waals surface area contributed by atoms with Crippen LogP contribution in [0.25, 0.3) is 0 Å². The third-order valence-corrected chi connectivity index (χ3v) is 6.08. The van der Waals surface area contributed by atoms with E-state index >= 15 is 0 Å². The van der Waals surface area contributed by atoms with Gasteiger partial charge in [-0.25, -0.2) is 8.42 Å². The van der Waals surface area contributed by atoms with E-state index in [4.69, 9.17) is 27.9 Å². The molecule has 29 heavy (non-hydrogen) atoms. The molecule has 0 aliphatic carbocycles. The van der Waals surface area contributed by atoms with Crippen molar-refractivity contribution in [1.29, 1.82) is 0 Å². The molecule has 2 aromatic rings. The number of rotatable bonds is 9. The summed E-state index contributed by atoms with van der Waals surface area (Å²) < 4.78 is 30.8. The van der Waals surface area contributed by atoms with Crippen LogP contribution in [0.3, 0.4) is 0 Å². The Kier molecular flexibility index (Phi) is 8.19. The molecule has 0 fully saturated rings. The second-order valence-electron chi connectivity index (χ2n) is 6.63. The first kappa shape index (κ1) is 23.3. The van der Waals surface area contributed by atoms with Crippen molar-refractivity contribution in [3.8, 4) is 5.75 Å². The number of hydrogen-bond acceptors (Lipinski definition) is 4. The van der Waals surface area contributed by atoms with Crippen LogP contribution < -0.4 is 9.04 Å². The number of hydrogen-bond donors (Lipinski definition) is 0. The second-order valence-corrected chi connectivity index (χ2v) is 9.38. The van der Waals surface area contributed by atoms with Gasteiger partial charge in [0.1, 0.15) is 5.75 Å². The smallest absolute Gasteiger partial charge is 0.232 e. The Morgan fingerprint density at radius 2 is 1.76 bits per heavy atom. The van der Waals surface area contributed by atoms with Gasteiger partial charge in [-0.2, -0.15) is 0 Å². The molecule has 0 N–H and O–H groups in total. The molecular formula is C20H24Cl2N2O4S. The van der Waals surface area contributed by atoms with Gasteiger partial charge in [0.2, 0.25) is 15.9 Å². The minimum absolute atomic E-state index is 0.0684. The fraction of sp³-hybridized carbons (Fsp3) is 0.350. The van der Waals surface area contributed by atoms with E-state index < -0.39 is 10.0 Å². The molecule has 0 saturated heterocycles. The van der Waals surface area contributed by atoms with E-state index in [0.717, 1.165) is 11.8 Å². The number of methoxy groups -OCH3 is 1. The molecule has 2 aromatic carbocycles. The molecule has 0 aliphatic heterocycles. The molecule has 1 amide bonds. The van der Waals surface area contributed by atoms with Gasteiger partial charge in [0.05, 0.1) is 24.1 Å². The van der Waals surface area contributed by atoms with Crippen LogP contribution in [0.5, 0.6) is 5.75 Å². The highest BCUT2D eigenvalue weighted by atomic mass is 35.5. The minimum Gasteiger partial charge on any atom is -0.495 e. The first-order valence-electron chi connectivity index (χ1n) is 8.91. The van der Waals surface area contributed by atoms with E-state index in [1.807, 2.05) is 12.1 Å². The summed E-state index contributed by atoms with van der Waals surface area (Å²) in [4.78, 5) is 14.0. The fourth-order valence-electron chi connectivity index (χ4n) is 2.81. The molecule has 0 spiro atoms. The summed E-state index contributed by atoms with van der Waals surface area (Å²) in [5.41, 5.74) is 1.40. The maximum absolute atomic E-state index is 12.4. The van der Waals surface area contributed by atoms with Gasteiger partial charge >= 0.3 is 0 Å². The maximum Gasteiger partial charge on any atom is 0.232 e. The lowest BCUT2D eigenvalue weighted by Gasteiger charge is -2.23. The summed E-state index contributed by atoms with van der Waals surface area (Å²) in [5.74, 6) is 0.393. The van der Waals surface area contributed by atoms with Gasteiger partial charge in [-0.05, 0) is 42.3 Å². The highest BCUT2D eigenvalue weighted by Gasteiger charge is 2.19. The topological polar surface area (TPSA) is 66.9 Å². The number of ether oxygens (including phenoxy) is 1. The van der Waals surface area contributed by atoms with Crippen LogP contribution in [0.4, 0.5) is 5.69 Å². The Morgan fingerprint density at radius 3 is 2.31 bits per heavy atom. The molecule has 0 heterocycles. The van der Waals surface area contributed by atoms with Crippen LogP contribution in [0.2, 0.25) is 10.0 Å². The number of anilines is 1. The van der Waals surface area contributed by atoms with Crippen LogP contribution in [-0.2, 0) is 21.4 Å². The summed E-state index contributed by atoms with van der Waals surface area (Å²) in [7, 11) is -0.324. The summed E-state index contributed by atoms with van der Waals surface area (Å²) in [6.45, 7) is 0.627. The Hall–Kier alpha value is -1.96. The number of carbonyl (C=O) groups excluding carboxylic acids is 1. The summed E-state index contributed by atoms with van der Waals surface area (Å²) >= 11 is 12.0. The van der Waals surface area contributed by atoms with Crippen LogP contribution in [0.15, 0.2) is 42.5 Å². The molecule has 0 aliphatic rings. The van der Waals surface area contributed by atoms with Crippen molar-refractivity contribution < 1.29 is 17.9 Å². The Morgan fingerprint density at radius 1 is 1.10 bits per heavy atom. The standard InChI is InChI=1S/C20H24Cl2N2O4S/c1-23(14-15-6-8-16(21)9-7-15)20(25)5-4-12-24(29(3,26)27)17-10-11-19(28-2)18(22)13-17/h6-11,13H,4-5,12,14H2,1-3H3. The second kappa shape index (κ2) is 10.2. The third-order valence-electron chi connectivity index (χ3n) is 4.33. The number of nitrogens with zero attached hydrogens (tertiary/aromatic N) is 2. The molecule has 0 radical (unpaired) electrons. The zero-order chi connectivity index (χ0) is 21.6. The van der Waals surface area contributed by atoms with Crippen molar-refractivity contribution in [3.63, 3.8) is 0 Å². The molecule has 6 nitrogen and oxygen atoms in total. The molecule has 158 valence electrons. The fourth-order valence-corrected chi connectivity index (χ4v) is 4.15. The summed E-state index contributed by atoms with van der Waals surface area (Å²) in [5, 5.41) is 0.958. The number of sulfonamides is 1. The van der Waals surface area contributed by atoms with E-state index in [2.05, 4.69) is 0 Å². The number of halogens is 2. The lowest BCUT2D eigenvalue weighted by Crippen LogP contribution is -2.32. The van der Waals surface area contributed by atoms with Gasteiger partial charge in [0.25, 0.3) is 0 Å². The highest BCUT2D eigenvalue weighted by molar-refractivity contribution is 7.92. The van der Waals surface area contributed by atoms with E-state index in [1.54, 1.807) is 36.2 Å². The molecule has 0 unspecified atom stereocenters. The molecule has 2 rings (SSSR count). The number of benzene rings is 2. The average Bonchev–Trinajstić information content (AvgIpc) is 2.65. The first-order chi connectivity index (χ1) is 13.6. The van der Waals surface area contributed by atoms with E-state index in [9.17, 15) is 13.2 Å². The van der Waals surface area contributed by atoms with Crippen LogP contribution >= 0.6 is 23.2 Å². The van der Waals surface area contributed by atoms with E-state index in [0.29, 0.717) is 34.4 Å². The third kappa shape index (κ3) is 6.80. The molecule has 0 saturated carbocycles. The number of carbonyl (C=O) groups is 1. The maximum atomic E-state index is 12.4. The van der Waals surface area contributed by atoms with Gasteiger partial charge in [-0.1, -0.05) is 35.3 Å². The van der Waals surface area contributed by atoms with Crippen molar-refractivity contribution in [2.24, 2.45) is 0 Å². The summed E-state index contributed by atoms with van der Waals surface area (Å²) in [6, 6.07) is 12.1. The van der Waals surface area contributed by atoms with Gasteiger partial charge in [0.15, 0.2) is 0 Å². The predicted molar refractivity (Wildman–Crippen MR) is 117 cm³/mol. The lowest BCUT2D eigenvalue weighted by atomic mass is 10.2. The minimum atomic E-state index is -3.53. The predicted octanol–water partition coefficient (Wildman–Crippen LogP) is 4.21. The summed E-state index contributed by atoms with van der Waals surface area (Å²) in [6.07, 6.45) is 1.72. The van der Waals surface area contributed by atoms with Gasteiger partial charge < -0.3 is 9.64 Å². The highest BCUT2D eigenvalue weighted by Crippen LogP contribution is 2.30. The Bertz CT molecular complexity index is 949. The molecule has 0 aromatic heterocycles. The van der Waals surface area contributed by atoms with E-state index in [-0.39, 0.29) is 18.9 Å². The zero-order valence-electron chi connectivity index (χ0n) is 16.6. The monoisotopic (exact) mass is 458 g/mol. The van der Waals surface area contributed by atoms with E-state index in [1.165, 1.54) is 17.5 Å². The molecular weight excluding hydrogens is 435 g/mol. The average molecular weight is 459 g/mol. The Balaban J connectivity index is 1.98. The van der Waals surface area contributed by atoms with Crippen LogP contribution in [0, 0.1) is 0 Å².